The third kappa shape index (κ3) is 5.01. The molecule has 0 spiro atoms. The van der Waals surface area contributed by atoms with Crippen LogP contribution in [0.4, 0.5) is 0 Å². The van der Waals surface area contributed by atoms with Crippen molar-refractivity contribution in [1.29, 1.82) is 0 Å². The fourth-order valence-electron chi connectivity index (χ4n) is 3.10. The molecule has 0 saturated carbocycles. The lowest BCUT2D eigenvalue weighted by Gasteiger charge is -2.36. The minimum absolute atomic E-state index is 0.244. The molecule has 0 unspecified atom stereocenters. The highest BCUT2D eigenvalue weighted by Crippen LogP contribution is 2.14. The largest absolute Gasteiger partial charge is 0.378 e. The number of hydrogen-bond acceptors (Lipinski definition) is 4. The number of carbonyl (C=O) groups is 1. The zero-order chi connectivity index (χ0) is 16.1. The Labute approximate surface area is 146 Å². The van der Waals surface area contributed by atoms with Gasteiger partial charge >= 0.3 is 0 Å². The summed E-state index contributed by atoms with van der Waals surface area (Å²) in [7, 11) is 0. The van der Waals surface area contributed by atoms with Crippen molar-refractivity contribution in [3.63, 3.8) is 0 Å². The SMILES string of the molecule is O=C(CN1CCN(Cc2cccc(Br)c2)CC1)N1CCOCC1. The van der Waals surface area contributed by atoms with E-state index in [1.165, 1.54) is 5.56 Å². The smallest absolute Gasteiger partial charge is 0.236 e. The number of ether oxygens (including phenoxy) is 1. The van der Waals surface area contributed by atoms with E-state index in [1.807, 2.05) is 4.90 Å². The van der Waals surface area contributed by atoms with Crippen LogP contribution in [-0.4, -0.2) is 79.6 Å². The summed E-state index contributed by atoms with van der Waals surface area (Å²) in [6, 6.07) is 8.47. The summed E-state index contributed by atoms with van der Waals surface area (Å²) in [6.45, 7) is 8.30. The van der Waals surface area contributed by atoms with Crippen LogP contribution in [0.25, 0.3) is 0 Å². The fourth-order valence-corrected chi connectivity index (χ4v) is 3.55. The van der Waals surface area contributed by atoms with Gasteiger partial charge in [0.2, 0.25) is 5.91 Å². The van der Waals surface area contributed by atoms with Gasteiger partial charge in [-0.25, -0.2) is 0 Å². The summed E-state index contributed by atoms with van der Waals surface area (Å²) in [4.78, 5) is 18.9. The molecule has 6 heteroatoms. The quantitative estimate of drug-likeness (QED) is 0.790. The predicted octanol–water partition coefficient (Wildman–Crippen LogP) is 1.43. The highest BCUT2D eigenvalue weighted by atomic mass is 79.9. The van der Waals surface area contributed by atoms with Gasteiger partial charge in [-0.05, 0) is 17.7 Å². The summed E-state index contributed by atoms with van der Waals surface area (Å²) in [5.41, 5.74) is 1.33. The second kappa shape index (κ2) is 8.24. The molecule has 0 N–H and O–H groups in total. The van der Waals surface area contributed by atoms with Crippen LogP contribution in [0.5, 0.6) is 0 Å². The summed E-state index contributed by atoms with van der Waals surface area (Å²) in [5, 5.41) is 0. The Kier molecular flexibility index (Phi) is 6.05. The average molecular weight is 382 g/mol. The number of benzene rings is 1. The molecule has 0 bridgehead atoms. The molecule has 3 rings (SSSR count). The second-order valence-electron chi connectivity index (χ2n) is 6.18. The molecule has 2 fully saturated rings. The number of carbonyl (C=O) groups excluding carboxylic acids is 1. The van der Waals surface area contributed by atoms with E-state index < -0.39 is 0 Å². The Morgan fingerprint density at radius 2 is 1.74 bits per heavy atom. The van der Waals surface area contributed by atoms with Gasteiger partial charge in [-0.2, -0.15) is 0 Å². The van der Waals surface area contributed by atoms with E-state index in [2.05, 4.69) is 50.0 Å². The first-order valence-corrected chi connectivity index (χ1v) is 9.05. The zero-order valence-electron chi connectivity index (χ0n) is 13.4. The summed E-state index contributed by atoms with van der Waals surface area (Å²) in [5.74, 6) is 0.244. The zero-order valence-corrected chi connectivity index (χ0v) is 15.0. The molecule has 1 aromatic rings. The average Bonchev–Trinajstić information content (AvgIpc) is 2.57. The Bertz CT molecular complexity index is 526. The number of hydrogen-bond donors (Lipinski definition) is 0. The van der Waals surface area contributed by atoms with Gasteiger partial charge in [0, 0.05) is 50.3 Å². The van der Waals surface area contributed by atoms with Gasteiger partial charge in [0.05, 0.1) is 19.8 Å². The lowest BCUT2D eigenvalue weighted by molar-refractivity contribution is -0.136. The molecule has 0 radical (unpaired) electrons. The van der Waals surface area contributed by atoms with Crippen LogP contribution in [0.3, 0.4) is 0 Å². The number of piperazine rings is 1. The fraction of sp³-hybridized carbons (Fsp3) is 0.588. The van der Waals surface area contributed by atoms with E-state index in [0.717, 1.165) is 50.3 Å². The van der Waals surface area contributed by atoms with Gasteiger partial charge in [-0.15, -0.1) is 0 Å². The predicted molar refractivity (Wildman–Crippen MR) is 93.3 cm³/mol. The van der Waals surface area contributed by atoms with Gasteiger partial charge in [0.25, 0.3) is 0 Å². The topological polar surface area (TPSA) is 36.0 Å². The maximum absolute atomic E-state index is 12.3. The molecule has 2 aliphatic heterocycles. The molecule has 126 valence electrons. The maximum Gasteiger partial charge on any atom is 0.236 e. The van der Waals surface area contributed by atoms with E-state index in [-0.39, 0.29) is 5.91 Å². The molecular formula is C17H24BrN3O2. The molecule has 0 aromatic heterocycles. The van der Waals surface area contributed by atoms with Crippen LogP contribution in [0.2, 0.25) is 0 Å². The first-order valence-electron chi connectivity index (χ1n) is 8.25. The molecule has 5 nitrogen and oxygen atoms in total. The van der Waals surface area contributed by atoms with Crippen LogP contribution >= 0.6 is 15.9 Å². The monoisotopic (exact) mass is 381 g/mol. The standard InChI is InChI=1S/C17H24BrN3O2/c18-16-3-1-2-15(12-16)13-19-4-6-20(7-5-19)14-17(22)21-8-10-23-11-9-21/h1-3,12H,4-11,13-14H2. The van der Waals surface area contributed by atoms with E-state index in [0.29, 0.717) is 19.8 Å². The van der Waals surface area contributed by atoms with Gasteiger partial charge in [0.15, 0.2) is 0 Å². The van der Waals surface area contributed by atoms with Gasteiger partial charge in [-0.3, -0.25) is 14.6 Å². The Hall–Kier alpha value is -0.950. The van der Waals surface area contributed by atoms with Gasteiger partial charge in [0.1, 0.15) is 0 Å². The molecule has 2 aliphatic rings. The van der Waals surface area contributed by atoms with Crippen LogP contribution in [0.1, 0.15) is 5.56 Å². The molecule has 0 atom stereocenters. The van der Waals surface area contributed by atoms with Crippen molar-refractivity contribution in [2.24, 2.45) is 0 Å². The Balaban J connectivity index is 1.42. The lowest BCUT2D eigenvalue weighted by Crippen LogP contribution is -2.51. The molecule has 1 amide bonds. The first-order chi connectivity index (χ1) is 11.2. The van der Waals surface area contributed by atoms with E-state index in [9.17, 15) is 4.79 Å². The third-order valence-corrected chi connectivity index (χ3v) is 4.98. The molecule has 1 aromatic carbocycles. The van der Waals surface area contributed by atoms with Crippen molar-refractivity contribution in [2.45, 2.75) is 6.54 Å². The van der Waals surface area contributed by atoms with Crippen molar-refractivity contribution in [1.82, 2.24) is 14.7 Å². The molecular weight excluding hydrogens is 358 g/mol. The number of amides is 1. The minimum Gasteiger partial charge on any atom is -0.378 e. The van der Waals surface area contributed by atoms with E-state index >= 15 is 0 Å². The van der Waals surface area contributed by atoms with E-state index in [1.54, 1.807) is 0 Å². The number of rotatable bonds is 4. The summed E-state index contributed by atoms with van der Waals surface area (Å²) < 4.78 is 6.43. The summed E-state index contributed by atoms with van der Waals surface area (Å²) in [6.07, 6.45) is 0. The third-order valence-electron chi connectivity index (χ3n) is 4.48. The number of halogens is 1. The molecule has 0 aliphatic carbocycles. The van der Waals surface area contributed by atoms with Crippen molar-refractivity contribution in [2.75, 3.05) is 59.0 Å². The molecule has 2 heterocycles. The Morgan fingerprint density at radius 1 is 1.04 bits per heavy atom. The normalized spacial score (nSPS) is 20.7. The van der Waals surface area contributed by atoms with Crippen LogP contribution in [0.15, 0.2) is 28.7 Å². The van der Waals surface area contributed by atoms with Crippen molar-refractivity contribution >= 4 is 21.8 Å². The van der Waals surface area contributed by atoms with Crippen LogP contribution in [0, 0.1) is 0 Å². The highest BCUT2D eigenvalue weighted by molar-refractivity contribution is 9.10. The van der Waals surface area contributed by atoms with Crippen LogP contribution < -0.4 is 0 Å². The highest BCUT2D eigenvalue weighted by Gasteiger charge is 2.22. The van der Waals surface area contributed by atoms with Gasteiger partial charge < -0.3 is 9.64 Å². The second-order valence-corrected chi connectivity index (χ2v) is 7.09. The lowest BCUT2D eigenvalue weighted by atomic mass is 10.2. The van der Waals surface area contributed by atoms with E-state index in [4.69, 9.17) is 4.74 Å². The minimum atomic E-state index is 0.244. The molecule has 2 saturated heterocycles. The first kappa shape index (κ1) is 16.9. The number of morpholine rings is 1. The maximum atomic E-state index is 12.3. The molecule has 23 heavy (non-hydrogen) atoms. The summed E-state index contributed by atoms with van der Waals surface area (Å²) >= 11 is 3.52. The van der Waals surface area contributed by atoms with Crippen LogP contribution in [-0.2, 0) is 16.1 Å². The Morgan fingerprint density at radius 3 is 2.43 bits per heavy atom. The number of nitrogens with zero attached hydrogens (tertiary/aromatic N) is 3. The van der Waals surface area contributed by atoms with Crippen molar-refractivity contribution < 1.29 is 9.53 Å². The van der Waals surface area contributed by atoms with Gasteiger partial charge in [-0.1, -0.05) is 28.1 Å². The van der Waals surface area contributed by atoms with Crippen molar-refractivity contribution in [3.8, 4) is 0 Å². The van der Waals surface area contributed by atoms with Crippen molar-refractivity contribution in [3.05, 3.63) is 34.3 Å².